The van der Waals surface area contributed by atoms with Crippen molar-refractivity contribution < 1.29 is 19.2 Å². The molecule has 0 N–H and O–H groups in total. The van der Waals surface area contributed by atoms with Gasteiger partial charge in [-0.25, -0.2) is 0 Å². The van der Waals surface area contributed by atoms with Gasteiger partial charge in [0.05, 0.1) is 10.5 Å². The summed E-state index contributed by atoms with van der Waals surface area (Å²) in [5.41, 5.74) is 2.54. The highest BCUT2D eigenvalue weighted by Gasteiger charge is 2.30. The quantitative estimate of drug-likeness (QED) is 0.252. The minimum absolute atomic E-state index is 0.0180. The number of carbonyl (C=O) groups excluding carboxylic acids is 1. The minimum atomic E-state index is -0.452. The van der Waals surface area contributed by atoms with Gasteiger partial charge < -0.3 is 9.47 Å². The number of halogens is 2. The number of hydrogen-bond donors (Lipinski definition) is 0. The number of hydrogen-bond acceptors (Lipinski definition) is 5. The van der Waals surface area contributed by atoms with Crippen LogP contribution in [0.15, 0.2) is 60.4 Å². The Morgan fingerprint density at radius 2 is 1.84 bits per heavy atom. The molecule has 31 heavy (non-hydrogen) atoms. The topological polar surface area (TPSA) is 78.7 Å². The monoisotopic (exact) mass is 455 g/mol. The molecule has 0 radical (unpaired) electrons. The van der Waals surface area contributed by atoms with E-state index < -0.39 is 4.92 Å². The maximum atomic E-state index is 12.8. The third kappa shape index (κ3) is 4.26. The van der Waals surface area contributed by atoms with Crippen molar-refractivity contribution in [1.29, 1.82) is 0 Å². The van der Waals surface area contributed by atoms with Crippen molar-refractivity contribution in [3.63, 3.8) is 0 Å². The number of non-ortho nitro benzene ring substituents is 1. The minimum Gasteiger partial charge on any atom is -0.488 e. The second kappa shape index (κ2) is 8.41. The van der Waals surface area contributed by atoms with Crippen LogP contribution >= 0.6 is 23.2 Å². The smallest absolute Gasteiger partial charge is 0.269 e. The SMILES string of the molecule is Cc1c(OCc2ccc([N+](=O)[O-])cc2)ccc2c1O/C(=C\c1ccc(Cl)cc1Cl)C2=O. The molecule has 0 aromatic heterocycles. The molecule has 3 aromatic carbocycles. The van der Waals surface area contributed by atoms with Crippen LogP contribution < -0.4 is 9.47 Å². The summed E-state index contributed by atoms with van der Waals surface area (Å²) in [7, 11) is 0. The number of benzene rings is 3. The molecular weight excluding hydrogens is 441 g/mol. The molecule has 3 aromatic rings. The van der Waals surface area contributed by atoms with Gasteiger partial charge in [-0.2, -0.15) is 0 Å². The van der Waals surface area contributed by atoms with E-state index in [0.717, 1.165) is 5.56 Å². The van der Waals surface area contributed by atoms with Gasteiger partial charge in [-0.05, 0) is 60.5 Å². The van der Waals surface area contributed by atoms with E-state index >= 15 is 0 Å². The Labute approximate surface area is 187 Å². The highest BCUT2D eigenvalue weighted by molar-refractivity contribution is 6.35. The lowest BCUT2D eigenvalue weighted by Crippen LogP contribution is -1.99. The van der Waals surface area contributed by atoms with Gasteiger partial charge in [0.15, 0.2) is 5.76 Å². The first-order valence-corrected chi connectivity index (χ1v) is 9.98. The van der Waals surface area contributed by atoms with Crippen molar-refractivity contribution in [2.75, 3.05) is 0 Å². The molecule has 156 valence electrons. The molecule has 4 rings (SSSR count). The summed E-state index contributed by atoms with van der Waals surface area (Å²) in [4.78, 5) is 23.1. The van der Waals surface area contributed by atoms with E-state index in [1.807, 2.05) is 0 Å². The molecule has 6 nitrogen and oxygen atoms in total. The van der Waals surface area contributed by atoms with E-state index in [1.54, 1.807) is 55.5 Å². The summed E-state index contributed by atoms with van der Waals surface area (Å²) in [5.74, 6) is 0.902. The molecule has 0 spiro atoms. The molecule has 1 heterocycles. The Kier molecular flexibility index (Phi) is 5.67. The van der Waals surface area contributed by atoms with Crippen molar-refractivity contribution in [3.05, 3.63) is 103 Å². The molecule has 0 saturated carbocycles. The first kappa shape index (κ1) is 20.9. The fourth-order valence-electron chi connectivity index (χ4n) is 3.16. The predicted octanol–water partition coefficient (Wildman–Crippen LogP) is 6.41. The fourth-order valence-corrected chi connectivity index (χ4v) is 3.62. The van der Waals surface area contributed by atoms with E-state index in [-0.39, 0.29) is 23.8 Å². The number of ether oxygens (including phenoxy) is 2. The van der Waals surface area contributed by atoms with Crippen LogP contribution in [0, 0.1) is 17.0 Å². The van der Waals surface area contributed by atoms with Crippen LogP contribution in [0.5, 0.6) is 11.5 Å². The van der Waals surface area contributed by atoms with Crippen LogP contribution in [0.2, 0.25) is 10.0 Å². The molecule has 0 unspecified atom stereocenters. The van der Waals surface area contributed by atoms with Gasteiger partial charge in [-0.15, -0.1) is 0 Å². The fraction of sp³-hybridized carbons (Fsp3) is 0.0870. The summed E-state index contributed by atoms with van der Waals surface area (Å²) in [6, 6.07) is 14.5. The van der Waals surface area contributed by atoms with E-state index in [9.17, 15) is 14.9 Å². The summed E-state index contributed by atoms with van der Waals surface area (Å²) < 4.78 is 11.7. The third-order valence-corrected chi connectivity index (χ3v) is 5.39. The maximum absolute atomic E-state index is 12.8. The van der Waals surface area contributed by atoms with Crippen LogP contribution in [0.4, 0.5) is 5.69 Å². The van der Waals surface area contributed by atoms with Crippen molar-refractivity contribution in [2.24, 2.45) is 0 Å². The lowest BCUT2D eigenvalue weighted by Gasteiger charge is -2.11. The lowest BCUT2D eigenvalue weighted by molar-refractivity contribution is -0.384. The van der Waals surface area contributed by atoms with Gasteiger partial charge in [-0.1, -0.05) is 29.3 Å². The van der Waals surface area contributed by atoms with Crippen LogP contribution in [0.1, 0.15) is 27.0 Å². The molecule has 0 amide bonds. The second-order valence-electron chi connectivity index (χ2n) is 6.88. The van der Waals surface area contributed by atoms with Crippen molar-refractivity contribution >= 4 is 40.7 Å². The summed E-state index contributed by atoms with van der Waals surface area (Å²) >= 11 is 12.1. The molecular formula is C23H15Cl2NO5. The Morgan fingerprint density at radius 3 is 2.52 bits per heavy atom. The number of fused-ring (bicyclic) bond motifs is 1. The molecule has 0 aliphatic carbocycles. The Hall–Kier alpha value is -3.35. The van der Waals surface area contributed by atoms with Gasteiger partial charge >= 0.3 is 0 Å². The standard InChI is InChI=1S/C23H15Cl2NO5/c1-13-20(30-12-14-2-6-17(7-3-14)26(28)29)9-8-18-22(27)21(31-23(13)18)10-15-4-5-16(24)11-19(15)25/h2-11H,12H2,1H3/b21-10-. The van der Waals surface area contributed by atoms with Crippen LogP contribution in [0.3, 0.4) is 0 Å². The predicted molar refractivity (Wildman–Crippen MR) is 118 cm³/mol. The number of Topliss-reactive ketones (excluding diaryl/α,β-unsaturated/α-hetero) is 1. The van der Waals surface area contributed by atoms with Crippen molar-refractivity contribution in [1.82, 2.24) is 0 Å². The highest BCUT2D eigenvalue weighted by atomic mass is 35.5. The van der Waals surface area contributed by atoms with E-state index in [1.165, 1.54) is 12.1 Å². The molecule has 1 aliphatic rings. The summed E-state index contributed by atoms with van der Waals surface area (Å²) in [6.07, 6.45) is 1.58. The number of rotatable bonds is 5. The van der Waals surface area contributed by atoms with E-state index in [4.69, 9.17) is 32.7 Å². The Balaban J connectivity index is 1.54. The molecule has 8 heteroatoms. The van der Waals surface area contributed by atoms with Crippen LogP contribution in [-0.2, 0) is 6.61 Å². The second-order valence-corrected chi connectivity index (χ2v) is 7.73. The van der Waals surface area contributed by atoms with Crippen molar-refractivity contribution in [3.8, 4) is 11.5 Å². The molecule has 0 fully saturated rings. The number of nitro benzene ring substituents is 1. The Bertz CT molecular complexity index is 1240. The van der Waals surface area contributed by atoms with Crippen LogP contribution in [-0.4, -0.2) is 10.7 Å². The molecule has 0 atom stereocenters. The molecule has 0 bridgehead atoms. The highest BCUT2D eigenvalue weighted by Crippen LogP contribution is 2.40. The first-order valence-electron chi connectivity index (χ1n) is 9.22. The number of nitrogens with zero attached hydrogens (tertiary/aromatic N) is 1. The molecule has 0 saturated heterocycles. The van der Waals surface area contributed by atoms with Gasteiger partial charge in [0.2, 0.25) is 5.78 Å². The third-order valence-electron chi connectivity index (χ3n) is 4.83. The Morgan fingerprint density at radius 1 is 1.10 bits per heavy atom. The lowest BCUT2D eigenvalue weighted by atomic mass is 10.1. The zero-order valence-corrected chi connectivity index (χ0v) is 17.7. The number of allylic oxidation sites excluding steroid dienone is 1. The number of carbonyl (C=O) groups is 1. The normalized spacial score (nSPS) is 13.8. The van der Waals surface area contributed by atoms with Crippen LogP contribution in [0.25, 0.3) is 6.08 Å². The summed E-state index contributed by atoms with van der Waals surface area (Å²) in [5, 5.41) is 11.7. The zero-order chi connectivity index (χ0) is 22.1. The summed E-state index contributed by atoms with van der Waals surface area (Å²) in [6.45, 7) is 2.02. The molecule has 1 aliphatic heterocycles. The van der Waals surface area contributed by atoms with E-state index in [2.05, 4.69) is 0 Å². The van der Waals surface area contributed by atoms with E-state index in [0.29, 0.717) is 38.2 Å². The van der Waals surface area contributed by atoms with Gasteiger partial charge in [0.1, 0.15) is 18.1 Å². The average Bonchev–Trinajstić information content (AvgIpc) is 3.06. The zero-order valence-electron chi connectivity index (χ0n) is 16.2. The van der Waals surface area contributed by atoms with Gasteiger partial charge in [0.25, 0.3) is 5.69 Å². The largest absolute Gasteiger partial charge is 0.488 e. The first-order chi connectivity index (χ1) is 14.8. The van der Waals surface area contributed by atoms with Crippen molar-refractivity contribution in [2.45, 2.75) is 13.5 Å². The number of ketones is 1. The van der Waals surface area contributed by atoms with Gasteiger partial charge in [0, 0.05) is 27.7 Å². The average molecular weight is 456 g/mol. The maximum Gasteiger partial charge on any atom is 0.269 e. The number of nitro groups is 1. The van der Waals surface area contributed by atoms with Gasteiger partial charge in [-0.3, -0.25) is 14.9 Å².